The van der Waals surface area contributed by atoms with E-state index in [1.807, 2.05) is 21.9 Å². The van der Waals surface area contributed by atoms with Gasteiger partial charge in [-0.05, 0) is 28.1 Å². The van der Waals surface area contributed by atoms with Crippen LogP contribution in [0.5, 0.6) is 0 Å². The minimum absolute atomic E-state index is 0.586. The smallest absolute Gasteiger partial charge is 0.337 e. The lowest BCUT2D eigenvalue weighted by molar-refractivity contribution is 0.00457. The molecule has 0 fully saturated rings. The summed E-state index contributed by atoms with van der Waals surface area (Å²) in [5, 5.41) is 8.88. The third-order valence-electron chi connectivity index (χ3n) is 1.44. The Bertz CT molecular complexity index is 348. The van der Waals surface area contributed by atoms with Crippen molar-refractivity contribution in [1.82, 2.24) is 0 Å². The van der Waals surface area contributed by atoms with Crippen molar-refractivity contribution < 1.29 is 13.9 Å². The van der Waals surface area contributed by atoms with E-state index in [1.165, 1.54) is 0 Å². The number of benzene rings is 1. The Kier molecular flexibility index (Phi) is 3.62. The maximum atomic E-state index is 12.4. The van der Waals surface area contributed by atoms with Gasteiger partial charge in [-0.25, -0.2) is 0 Å². The molecule has 4 heteroatoms. The van der Waals surface area contributed by atoms with Gasteiger partial charge in [0.2, 0.25) is 0 Å². The monoisotopic (exact) mass is 260 g/mol. The van der Waals surface area contributed by atoms with Crippen LogP contribution in [0.3, 0.4) is 0 Å². The van der Waals surface area contributed by atoms with Crippen molar-refractivity contribution >= 4 is 15.9 Å². The highest BCUT2D eigenvalue weighted by atomic mass is 79.9. The molecule has 1 aromatic rings. The van der Waals surface area contributed by atoms with Crippen molar-refractivity contribution in [3.05, 3.63) is 35.9 Å². The molecular formula is C10H7BrF2O. The molecule has 0 aliphatic carbocycles. The second-order valence-electron chi connectivity index (χ2n) is 2.58. The number of hydrogen-bond donors (Lipinski definition) is 1. The number of aliphatic hydroxyl groups excluding tert-OH is 1. The molecule has 0 heterocycles. The predicted molar refractivity (Wildman–Crippen MR) is 53.2 cm³/mol. The van der Waals surface area contributed by atoms with Crippen LogP contribution in [0, 0.1) is 11.8 Å². The Morgan fingerprint density at radius 2 is 1.86 bits per heavy atom. The highest BCUT2D eigenvalue weighted by Crippen LogP contribution is 2.25. The van der Waals surface area contributed by atoms with Crippen molar-refractivity contribution in [1.29, 1.82) is 0 Å². The summed E-state index contributed by atoms with van der Waals surface area (Å²) in [6.07, 6.45) is -2.00. The Hall–Kier alpha value is -0.920. The average Bonchev–Trinajstić information content (AvgIpc) is 2.14. The topological polar surface area (TPSA) is 20.2 Å². The van der Waals surface area contributed by atoms with Gasteiger partial charge in [-0.2, -0.15) is 8.78 Å². The standard InChI is InChI=1S/C10H7BrF2O/c11-10(12,13)9(14)7-6-8-4-2-1-3-5-8/h1-5,9,14H. The summed E-state index contributed by atoms with van der Waals surface area (Å²) in [5.74, 6) is 4.49. The van der Waals surface area contributed by atoms with Crippen LogP contribution in [0.1, 0.15) is 5.56 Å². The first-order valence-corrected chi connectivity index (χ1v) is 4.61. The van der Waals surface area contributed by atoms with Crippen LogP contribution in [0.25, 0.3) is 0 Å². The third kappa shape index (κ3) is 3.44. The van der Waals surface area contributed by atoms with E-state index in [9.17, 15) is 8.78 Å². The molecule has 0 aromatic heterocycles. The van der Waals surface area contributed by atoms with Gasteiger partial charge in [-0.3, -0.25) is 0 Å². The van der Waals surface area contributed by atoms with E-state index in [0.717, 1.165) is 0 Å². The summed E-state index contributed by atoms with van der Waals surface area (Å²) >= 11 is 2.03. The quantitative estimate of drug-likeness (QED) is 0.608. The fraction of sp³-hybridized carbons (Fsp3) is 0.200. The molecule has 1 unspecified atom stereocenters. The van der Waals surface area contributed by atoms with E-state index in [1.54, 1.807) is 30.3 Å². The number of halogens is 3. The predicted octanol–water partition coefficient (Wildman–Crippen LogP) is 2.39. The van der Waals surface area contributed by atoms with E-state index in [0.29, 0.717) is 5.56 Å². The molecule has 1 aromatic carbocycles. The minimum Gasteiger partial charge on any atom is -0.374 e. The Labute approximate surface area is 88.9 Å². The molecule has 74 valence electrons. The zero-order valence-corrected chi connectivity index (χ0v) is 8.63. The molecule has 0 saturated heterocycles. The molecule has 0 spiro atoms. The zero-order valence-electron chi connectivity index (χ0n) is 7.05. The Morgan fingerprint density at radius 3 is 2.36 bits per heavy atom. The van der Waals surface area contributed by atoms with Crippen LogP contribution in [-0.2, 0) is 0 Å². The number of aliphatic hydroxyl groups is 1. The first kappa shape index (κ1) is 11.2. The molecule has 0 radical (unpaired) electrons. The number of alkyl halides is 3. The van der Waals surface area contributed by atoms with Crippen molar-refractivity contribution in [3.63, 3.8) is 0 Å². The molecule has 1 atom stereocenters. The molecule has 0 aliphatic rings. The van der Waals surface area contributed by atoms with Gasteiger partial charge < -0.3 is 5.11 Å². The van der Waals surface area contributed by atoms with E-state index < -0.39 is 10.9 Å². The lowest BCUT2D eigenvalue weighted by Crippen LogP contribution is -2.24. The van der Waals surface area contributed by atoms with Crippen molar-refractivity contribution in [2.24, 2.45) is 0 Å². The van der Waals surface area contributed by atoms with Gasteiger partial charge in [0.1, 0.15) is 0 Å². The molecule has 0 amide bonds. The molecule has 0 bridgehead atoms. The molecular weight excluding hydrogens is 254 g/mol. The molecule has 1 rings (SSSR count). The second kappa shape index (κ2) is 4.54. The fourth-order valence-corrected chi connectivity index (χ4v) is 0.869. The summed E-state index contributed by atoms with van der Waals surface area (Å²) in [5.41, 5.74) is 0.586. The van der Waals surface area contributed by atoms with Gasteiger partial charge >= 0.3 is 4.83 Å². The Balaban J connectivity index is 2.74. The zero-order chi connectivity index (χ0) is 10.6. The molecule has 0 aliphatic heterocycles. The first-order chi connectivity index (χ1) is 6.50. The summed E-state index contributed by atoms with van der Waals surface area (Å²) < 4.78 is 24.8. The minimum atomic E-state index is -3.37. The number of rotatable bonds is 1. The van der Waals surface area contributed by atoms with Gasteiger partial charge in [0.25, 0.3) is 0 Å². The summed E-state index contributed by atoms with van der Waals surface area (Å²) in [4.78, 5) is -3.37. The van der Waals surface area contributed by atoms with Gasteiger partial charge in [0.15, 0.2) is 6.10 Å². The van der Waals surface area contributed by atoms with Gasteiger partial charge in [-0.15, -0.1) is 0 Å². The Morgan fingerprint density at radius 1 is 1.29 bits per heavy atom. The maximum absolute atomic E-state index is 12.4. The fourth-order valence-electron chi connectivity index (χ4n) is 0.755. The summed E-state index contributed by atoms with van der Waals surface area (Å²) in [6, 6.07) is 8.62. The van der Waals surface area contributed by atoms with Crippen molar-refractivity contribution in [3.8, 4) is 11.8 Å². The van der Waals surface area contributed by atoms with E-state index in [2.05, 4.69) is 5.92 Å². The average molecular weight is 261 g/mol. The van der Waals surface area contributed by atoms with Crippen LogP contribution < -0.4 is 0 Å². The normalized spacial score (nSPS) is 12.9. The largest absolute Gasteiger partial charge is 0.374 e. The van der Waals surface area contributed by atoms with Crippen LogP contribution in [-0.4, -0.2) is 16.0 Å². The first-order valence-electron chi connectivity index (χ1n) is 3.81. The van der Waals surface area contributed by atoms with Crippen LogP contribution in [0.4, 0.5) is 8.78 Å². The highest BCUT2D eigenvalue weighted by molar-refractivity contribution is 9.10. The molecule has 1 N–H and O–H groups in total. The summed E-state index contributed by atoms with van der Waals surface area (Å²) in [6.45, 7) is 0. The summed E-state index contributed by atoms with van der Waals surface area (Å²) in [7, 11) is 0. The molecule has 1 nitrogen and oxygen atoms in total. The van der Waals surface area contributed by atoms with E-state index in [4.69, 9.17) is 5.11 Å². The van der Waals surface area contributed by atoms with E-state index in [-0.39, 0.29) is 0 Å². The lowest BCUT2D eigenvalue weighted by Gasteiger charge is -2.09. The maximum Gasteiger partial charge on any atom is 0.337 e. The highest BCUT2D eigenvalue weighted by Gasteiger charge is 2.33. The van der Waals surface area contributed by atoms with Gasteiger partial charge in [-0.1, -0.05) is 30.0 Å². The van der Waals surface area contributed by atoms with Crippen LogP contribution in [0.15, 0.2) is 30.3 Å². The van der Waals surface area contributed by atoms with Crippen molar-refractivity contribution in [2.75, 3.05) is 0 Å². The molecule has 0 saturated carbocycles. The molecule has 14 heavy (non-hydrogen) atoms. The van der Waals surface area contributed by atoms with Gasteiger partial charge in [0.05, 0.1) is 0 Å². The van der Waals surface area contributed by atoms with E-state index >= 15 is 0 Å². The van der Waals surface area contributed by atoms with Crippen LogP contribution in [0.2, 0.25) is 0 Å². The SMILES string of the molecule is OC(C#Cc1ccccc1)C(F)(F)Br. The van der Waals surface area contributed by atoms with Crippen LogP contribution >= 0.6 is 15.9 Å². The van der Waals surface area contributed by atoms with Gasteiger partial charge in [0, 0.05) is 5.56 Å². The number of hydrogen-bond acceptors (Lipinski definition) is 1. The third-order valence-corrected chi connectivity index (χ3v) is 1.87. The second-order valence-corrected chi connectivity index (χ2v) is 3.64. The van der Waals surface area contributed by atoms with Crippen molar-refractivity contribution in [2.45, 2.75) is 10.9 Å². The lowest BCUT2D eigenvalue weighted by atomic mass is 10.2.